The number of carbonyl (C=O) groups excluding carboxylic acids is 3. The average molecular weight is 480 g/mol. The number of imide groups is 1. The van der Waals surface area contributed by atoms with Gasteiger partial charge in [-0.25, -0.2) is 4.90 Å². The zero-order valence-corrected chi connectivity index (χ0v) is 18.5. The summed E-state index contributed by atoms with van der Waals surface area (Å²) in [5.41, 5.74) is 1.02. The Balaban J connectivity index is 1.51. The molecule has 0 aromatic heterocycles. The lowest BCUT2D eigenvalue weighted by molar-refractivity contribution is -0.384. The molecule has 0 saturated carbocycles. The number of amides is 3. The molecule has 11 heteroatoms. The zero-order chi connectivity index (χ0) is 24.1. The largest absolute Gasteiger partial charge is 0.324 e. The van der Waals surface area contributed by atoms with Crippen LogP contribution in [0.2, 0.25) is 5.02 Å². The van der Waals surface area contributed by atoms with Crippen LogP contribution in [0.15, 0.2) is 59.7 Å². The summed E-state index contributed by atoms with van der Waals surface area (Å²) in [5.74, 6) is -3.28. The molecule has 2 fully saturated rings. The highest BCUT2D eigenvalue weighted by atomic mass is 35.5. The van der Waals surface area contributed by atoms with Gasteiger partial charge >= 0.3 is 0 Å². The van der Waals surface area contributed by atoms with Crippen molar-refractivity contribution in [2.75, 3.05) is 10.2 Å². The molecule has 0 aliphatic carbocycles. The van der Waals surface area contributed by atoms with Gasteiger partial charge in [-0.15, -0.1) is 0 Å². The number of anilines is 2. The van der Waals surface area contributed by atoms with Crippen LogP contribution < -0.4 is 10.2 Å². The lowest BCUT2D eigenvalue weighted by Gasteiger charge is -2.30. The number of allylic oxidation sites excluding steroid dienone is 1. The molecule has 1 N–H and O–H groups in total. The number of hydrogen-bond acceptors (Lipinski definition) is 7. The van der Waals surface area contributed by atoms with Crippen molar-refractivity contribution in [3.05, 3.63) is 75.3 Å². The topological polar surface area (TPSA) is 125 Å². The van der Waals surface area contributed by atoms with Gasteiger partial charge in [0.05, 0.1) is 28.5 Å². The van der Waals surface area contributed by atoms with E-state index in [0.29, 0.717) is 16.3 Å². The molecule has 2 aromatic rings. The minimum absolute atomic E-state index is 0.142. The van der Waals surface area contributed by atoms with Gasteiger partial charge in [-0.2, -0.15) is 5.10 Å². The lowest BCUT2D eigenvalue weighted by atomic mass is 9.88. The Morgan fingerprint density at radius 3 is 2.50 bits per heavy atom. The molecule has 2 aromatic carbocycles. The summed E-state index contributed by atoms with van der Waals surface area (Å²) in [6.07, 6.45) is 4.93. The Hall–Kier alpha value is -4.05. The van der Waals surface area contributed by atoms with Crippen LogP contribution >= 0.6 is 11.6 Å². The summed E-state index contributed by atoms with van der Waals surface area (Å²) in [6, 6.07) is 8.88. The third-order valence-electron chi connectivity index (χ3n) is 6.30. The Kier molecular flexibility index (Phi) is 5.17. The van der Waals surface area contributed by atoms with E-state index in [2.05, 4.69) is 10.4 Å². The van der Waals surface area contributed by atoms with Gasteiger partial charge in [-0.05, 0) is 48.9 Å². The van der Waals surface area contributed by atoms with Gasteiger partial charge in [0, 0.05) is 29.1 Å². The number of nitrogens with one attached hydrogen (secondary N) is 1. The summed E-state index contributed by atoms with van der Waals surface area (Å²) in [4.78, 5) is 52.0. The predicted octanol–water partition coefficient (Wildman–Crippen LogP) is 2.91. The smallest absolute Gasteiger partial charge is 0.269 e. The second kappa shape index (κ2) is 8.07. The predicted molar refractivity (Wildman–Crippen MR) is 124 cm³/mol. The van der Waals surface area contributed by atoms with Crippen molar-refractivity contribution in [3.63, 3.8) is 0 Å². The van der Waals surface area contributed by atoms with Gasteiger partial charge in [0.25, 0.3) is 5.69 Å². The third kappa shape index (κ3) is 3.34. The van der Waals surface area contributed by atoms with E-state index in [1.807, 2.05) is 0 Å². The highest BCUT2D eigenvalue weighted by Gasteiger charge is 2.64. The number of hydrogen-bond donors (Lipinski definition) is 1. The molecule has 4 atom stereocenters. The first kappa shape index (κ1) is 21.8. The molecule has 5 rings (SSSR count). The number of aryl methyl sites for hydroxylation is 1. The fraction of sp³-hybridized carbons (Fsp3) is 0.217. The minimum Gasteiger partial charge on any atom is -0.324 e. The molecule has 3 amide bonds. The molecule has 0 bridgehead atoms. The highest BCUT2D eigenvalue weighted by Crippen LogP contribution is 2.46. The second-order valence-electron chi connectivity index (χ2n) is 8.25. The number of rotatable bonds is 4. The molecule has 2 saturated heterocycles. The number of nitro groups is 1. The first-order valence-corrected chi connectivity index (χ1v) is 10.8. The fourth-order valence-electron chi connectivity index (χ4n) is 4.83. The van der Waals surface area contributed by atoms with Crippen molar-refractivity contribution in [1.29, 1.82) is 0 Å². The number of fused-ring (bicyclic) bond motifs is 3. The number of non-ortho nitro benzene ring substituents is 1. The molecule has 10 nitrogen and oxygen atoms in total. The molecule has 0 radical (unpaired) electrons. The molecule has 0 spiro atoms. The van der Waals surface area contributed by atoms with Crippen molar-refractivity contribution < 1.29 is 19.3 Å². The summed E-state index contributed by atoms with van der Waals surface area (Å²) in [7, 11) is 0. The second-order valence-corrected chi connectivity index (χ2v) is 8.69. The van der Waals surface area contributed by atoms with Crippen molar-refractivity contribution in [2.45, 2.75) is 19.0 Å². The van der Waals surface area contributed by atoms with E-state index in [4.69, 9.17) is 11.6 Å². The number of benzene rings is 2. The summed E-state index contributed by atoms with van der Waals surface area (Å²) in [5, 5.41) is 20.2. The monoisotopic (exact) mass is 479 g/mol. The number of hydrazone groups is 1. The Morgan fingerprint density at radius 2 is 1.82 bits per heavy atom. The lowest BCUT2D eigenvalue weighted by Crippen LogP contribution is -2.47. The van der Waals surface area contributed by atoms with Gasteiger partial charge in [0.1, 0.15) is 6.04 Å². The Morgan fingerprint density at radius 1 is 1.12 bits per heavy atom. The van der Waals surface area contributed by atoms with Crippen LogP contribution in [0.4, 0.5) is 17.1 Å². The highest BCUT2D eigenvalue weighted by molar-refractivity contribution is 6.30. The van der Waals surface area contributed by atoms with Crippen LogP contribution in [0.5, 0.6) is 0 Å². The van der Waals surface area contributed by atoms with E-state index in [1.54, 1.807) is 43.3 Å². The molecule has 172 valence electrons. The van der Waals surface area contributed by atoms with Crippen LogP contribution in [0.25, 0.3) is 0 Å². The standard InChI is InChI=1S/C23H18ClN5O5/c1-12-11-15(29(33)34)8-9-16(12)27-22(31)18-17-3-2-10-25-28(17)20(19(18)23(27)32)21(30)26-14-6-4-13(24)5-7-14/h2-11,17-20H,1H3,(H,26,30)/t17-,18+,19+,20+/m1/s1. The van der Waals surface area contributed by atoms with Gasteiger partial charge in [-0.3, -0.25) is 29.5 Å². The van der Waals surface area contributed by atoms with E-state index in [9.17, 15) is 24.5 Å². The molecule has 3 heterocycles. The van der Waals surface area contributed by atoms with Gasteiger partial charge < -0.3 is 5.32 Å². The maximum absolute atomic E-state index is 13.6. The van der Waals surface area contributed by atoms with Crippen molar-refractivity contribution in [3.8, 4) is 0 Å². The number of halogens is 1. The molecular formula is C23H18ClN5O5. The first-order valence-electron chi connectivity index (χ1n) is 10.5. The Bertz CT molecular complexity index is 1290. The van der Waals surface area contributed by atoms with Gasteiger partial charge in [0.2, 0.25) is 17.7 Å². The van der Waals surface area contributed by atoms with E-state index >= 15 is 0 Å². The maximum atomic E-state index is 13.6. The van der Waals surface area contributed by atoms with Crippen LogP contribution in [0.3, 0.4) is 0 Å². The van der Waals surface area contributed by atoms with Crippen LogP contribution in [0.1, 0.15) is 5.56 Å². The maximum Gasteiger partial charge on any atom is 0.269 e. The first-order chi connectivity index (χ1) is 16.3. The van der Waals surface area contributed by atoms with Crippen LogP contribution in [-0.2, 0) is 14.4 Å². The van der Waals surface area contributed by atoms with Crippen molar-refractivity contribution in [1.82, 2.24) is 5.01 Å². The SMILES string of the molecule is Cc1cc([N+](=O)[O-])ccc1N1C(=O)[C@@H]2[C@H](C1=O)[C@@H](C(=O)Nc1ccc(Cl)cc1)N1N=CC=C[C@H]21. The van der Waals surface area contributed by atoms with E-state index < -0.39 is 46.6 Å². The summed E-state index contributed by atoms with van der Waals surface area (Å²) < 4.78 is 0. The number of carbonyl (C=O) groups is 3. The van der Waals surface area contributed by atoms with Gasteiger partial charge in [0.15, 0.2) is 0 Å². The molecular weight excluding hydrogens is 462 g/mol. The normalized spacial score (nSPS) is 24.9. The quantitative estimate of drug-likeness (QED) is 0.408. The van der Waals surface area contributed by atoms with E-state index in [0.717, 1.165) is 4.90 Å². The minimum atomic E-state index is -1.02. The molecule has 3 aliphatic heterocycles. The molecule has 3 aliphatic rings. The Labute approximate surface area is 198 Å². The number of nitro benzene ring substituents is 1. The van der Waals surface area contributed by atoms with E-state index in [-0.39, 0.29) is 11.4 Å². The average Bonchev–Trinajstić information content (AvgIpc) is 3.28. The summed E-state index contributed by atoms with van der Waals surface area (Å²) in [6.45, 7) is 1.60. The summed E-state index contributed by atoms with van der Waals surface area (Å²) >= 11 is 5.92. The molecule has 0 unspecified atom stereocenters. The van der Waals surface area contributed by atoms with Crippen LogP contribution in [-0.4, -0.2) is 46.0 Å². The van der Waals surface area contributed by atoms with Crippen molar-refractivity contribution >= 4 is 52.6 Å². The van der Waals surface area contributed by atoms with Crippen LogP contribution in [0, 0.1) is 28.9 Å². The van der Waals surface area contributed by atoms with Crippen molar-refractivity contribution in [2.24, 2.45) is 16.9 Å². The number of nitrogens with zero attached hydrogens (tertiary/aromatic N) is 4. The van der Waals surface area contributed by atoms with E-state index in [1.165, 1.54) is 29.4 Å². The third-order valence-corrected chi connectivity index (χ3v) is 6.56. The zero-order valence-electron chi connectivity index (χ0n) is 17.8. The molecule has 34 heavy (non-hydrogen) atoms. The fourth-order valence-corrected chi connectivity index (χ4v) is 4.95. The van der Waals surface area contributed by atoms with Gasteiger partial charge in [-0.1, -0.05) is 17.7 Å².